The highest BCUT2D eigenvalue weighted by atomic mass is 16.5. The van der Waals surface area contributed by atoms with Crippen molar-refractivity contribution in [1.82, 2.24) is 10.6 Å². The van der Waals surface area contributed by atoms with Crippen LogP contribution >= 0.6 is 0 Å². The molecule has 6 nitrogen and oxygen atoms in total. The van der Waals surface area contributed by atoms with Gasteiger partial charge in [-0.1, -0.05) is 12.1 Å². The third-order valence-corrected chi connectivity index (χ3v) is 3.78. The van der Waals surface area contributed by atoms with Crippen LogP contribution in [0.4, 0.5) is 0 Å². The fourth-order valence-electron chi connectivity index (χ4n) is 2.44. The van der Waals surface area contributed by atoms with E-state index in [4.69, 9.17) is 13.9 Å². The number of hydrogen-bond donors (Lipinski definition) is 2. The molecule has 0 spiro atoms. The molecule has 0 saturated heterocycles. The van der Waals surface area contributed by atoms with E-state index in [1.54, 1.807) is 13.4 Å². The second-order valence-corrected chi connectivity index (χ2v) is 5.92. The first-order valence-corrected chi connectivity index (χ1v) is 8.98. The number of benzene rings is 1. The van der Waals surface area contributed by atoms with E-state index in [1.807, 2.05) is 18.2 Å². The highest BCUT2D eigenvalue weighted by molar-refractivity contribution is 5.79. The average Bonchev–Trinajstić information content (AvgIpc) is 3.16. The van der Waals surface area contributed by atoms with Gasteiger partial charge in [-0.25, -0.2) is 4.99 Å². The Bertz CT molecular complexity index is 669. The first-order chi connectivity index (χ1) is 12.7. The molecule has 0 amide bonds. The Morgan fingerprint density at radius 3 is 2.85 bits per heavy atom. The van der Waals surface area contributed by atoms with E-state index >= 15 is 0 Å². The molecular weight excluding hydrogens is 330 g/mol. The van der Waals surface area contributed by atoms with Crippen molar-refractivity contribution >= 4 is 5.96 Å². The van der Waals surface area contributed by atoms with Gasteiger partial charge >= 0.3 is 0 Å². The van der Waals surface area contributed by atoms with Gasteiger partial charge in [-0.2, -0.15) is 0 Å². The molecule has 0 aliphatic carbocycles. The van der Waals surface area contributed by atoms with Crippen LogP contribution in [0.3, 0.4) is 0 Å². The lowest BCUT2D eigenvalue weighted by Gasteiger charge is -2.12. The Hall–Kier alpha value is -2.47. The van der Waals surface area contributed by atoms with E-state index < -0.39 is 0 Å². The third-order valence-electron chi connectivity index (χ3n) is 3.78. The molecule has 26 heavy (non-hydrogen) atoms. The van der Waals surface area contributed by atoms with Crippen molar-refractivity contribution in [3.63, 3.8) is 0 Å². The lowest BCUT2D eigenvalue weighted by atomic mass is 10.1. The van der Waals surface area contributed by atoms with E-state index in [1.165, 1.54) is 5.56 Å². The Morgan fingerprint density at radius 2 is 2.12 bits per heavy atom. The number of aliphatic imine (C=N–C) groups is 1. The number of nitrogens with one attached hydrogen (secondary N) is 2. The van der Waals surface area contributed by atoms with Crippen LogP contribution in [0.5, 0.6) is 5.75 Å². The maximum Gasteiger partial charge on any atom is 0.191 e. The maximum atomic E-state index is 5.58. The minimum atomic E-state index is 0.508. The minimum absolute atomic E-state index is 0.508. The second-order valence-electron chi connectivity index (χ2n) is 5.92. The maximum absolute atomic E-state index is 5.58. The topological polar surface area (TPSA) is 68.0 Å². The lowest BCUT2D eigenvalue weighted by molar-refractivity contribution is 0.105. The van der Waals surface area contributed by atoms with Crippen LogP contribution in [0.15, 0.2) is 46.0 Å². The van der Waals surface area contributed by atoms with Crippen molar-refractivity contribution in [3.05, 3.63) is 53.5 Å². The van der Waals surface area contributed by atoms with Crippen LogP contribution in [-0.2, 0) is 17.9 Å². The number of guanidine groups is 1. The van der Waals surface area contributed by atoms with Crippen molar-refractivity contribution in [1.29, 1.82) is 0 Å². The van der Waals surface area contributed by atoms with Gasteiger partial charge in [0.1, 0.15) is 18.1 Å². The lowest BCUT2D eigenvalue weighted by Crippen LogP contribution is -2.38. The van der Waals surface area contributed by atoms with E-state index in [0.29, 0.717) is 19.8 Å². The molecule has 2 rings (SSSR count). The highest BCUT2D eigenvalue weighted by Gasteiger charge is 2.04. The first-order valence-electron chi connectivity index (χ1n) is 8.98. The summed E-state index contributed by atoms with van der Waals surface area (Å²) in [5.74, 6) is 2.51. The standard InChI is InChI=1S/C20H29N3O3/c1-4-21-20(22-10-6-11-25-15-18-7-5-12-26-18)23-14-17-9-8-16(2)13-19(17)24-3/h5,7-9,12-13H,4,6,10-11,14-15H2,1-3H3,(H2,21,22,23). The summed E-state index contributed by atoms with van der Waals surface area (Å²) >= 11 is 0. The van der Waals surface area contributed by atoms with Crippen LogP contribution in [0.1, 0.15) is 30.2 Å². The number of rotatable bonds is 10. The quantitative estimate of drug-likeness (QED) is 0.387. The molecule has 0 unspecified atom stereocenters. The predicted octanol–water partition coefficient (Wildman–Crippen LogP) is 3.26. The second kappa shape index (κ2) is 11.2. The largest absolute Gasteiger partial charge is 0.496 e. The monoisotopic (exact) mass is 359 g/mol. The zero-order valence-corrected chi connectivity index (χ0v) is 15.9. The molecule has 2 N–H and O–H groups in total. The molecule has 1 aromatic carbocycles. The van der Waals surface area contributed by atoms with Crippen molar-refractivity contribution in [3.8, 4) is 5.75 Å². The number of hydrogen-bond acceptors (Lipinski definition) is 4. The molecule has 0 aliphatic heterocycles. The van der Waals surface area contributed by atoms with Crippen molar-refractivity contribution in [2.24, 2.45) is 4.99 Å². The van der Waals surface area contributed by atoms with Gasteiger partial charge in [-0.05, 0) is 44.0 Å². The molecule has 0 radical (unpaired) electrons. The van der Waals surface area contributed by atoms with Crippen molar-refractivity contribution in [2.75, 3.05) is 26.8 Å². The van der Waals surface area contributed by atoms with Gasteiger partial charge in [0.05, 0.1) is 19.9 Å². The van der Waals surface area contributed by atoms with Crippen molar-refractivity contribution in [2.45, 2.75) is 33.4 Å². The normalized spacial score (nSPS) is 11.4. The van der Waals surface area contributed by atoms with Gasteiger partial charge in [0.15, 0.2) is 5.96 Å². The van der Waals surface area contributed by atoms with Crippen LogP contribution in [0.25, 0.3) is 0 Å². The molecule has 1 aromatic heterocycles. The van der Waals surface area contributed by atoms with Crippen molar-refractivity contribution < 1.29 is 13.9 Å². The summed E-state index contributed by atoms with van der Waals surface area (Å²) in [4.78, 5) is 4.64. The van der Waals surface area contributed by atoms with Gasteiger partial charge in [0.25, 0.3) is 0 Å². The fourth-order valence-corrected chi connectivity index (χ4v) is 2.44. The third kappa shape index (κ3) is 6.80. The minimum Gasteiger partial charge on any atom is -0.496 e. The van der Waals surface area contributed by atoms with Gasteiger partial charge in [0, 0.05) is 25.3 Å². The summed E-state index contributed by atoms with van der Waals surface area (Å²) in [6.07, 6.45) is 2.54. The summed E-state index contributed by atoms with van der Waals surface area (Å²) in [5, 5.41) is 6.59. The number of ether oxygens (including phenoxy) is 2. The highest BCUT2D eigenvalue weighted by Crippen LogP contribution is 2.20. The molecule has 0 saturated carbocycles. The molecule has 1 heterocycles. The van der Waals surface area contributed by atoms with E-state index in [0.717, 1.165) is 42.5 Å². The molecule has 142 valence electrons. The Kier molecular flexibility index (Phi) is 8.55. The van der Waals surface area contributed by atoms with E-state index in [-0.39, 0.29) is 0 Å². The van der Waals surface area contributed by atoms with Gasteiger partial charge in [0.2, 0.25) is 0 Å². The summed E-state index contributed by atoms with van der Waals surface area (Å²) < 4.78 is 16.3. The Labute approximate surface area is 155 Å². The molecule has 0 atom stereocenters. The molecule has 0 fully saturated rings. The van der Waals surface area contributed by atoms with E-state index in [9.17, 15) is 0 Å². The number of furan rings is 1. The zero-order valence-electron chi connectivity index (χ0n) is 15.9. The molecule has 0 aliphatic rings. The Balaban J connectivity index is 1.75. The number of nitrogens with zero attached hydrogens (tertiary/aromatic N) is 1. The van der Waals surface area contributed by atoms with Crippen LogP contribution in [0.2, 0.25) is 0 Å². The number of methoxy groups -OCH3 is 1. The molecule has 0 bridgehead atoms. The van der Waals surface area contributed by atoms with Gasteiger partial charge in [-0.3, -0.25) is 0 Å². The SMILES string of the molecule is CCNC(=NCc1ccc(C)cc1OC)NCCCOCc1ccco1. The van der Waals surface area contributed by atoms with Gasteiger partial charge < -0.3 is 24.5 Å². The average molecular weight is 359 g/mol. The molecule has 2 aromatic rings. The molecule has 6 heteroatoms. The van der Waals surface area contributed by atoms with Crippen LogP contribution < -0.4 is 15.4 Å². The zero-order chi connectivity index (χ0) is 18.6. The predicted molar refractivity (Wildman–Crippen MR) is 104 cm³/mol. The fraction of sp³-hybridized carbons (Fsp3) is 0.450. The van der Waals surface area contributed by atoms with Crippen LogP contribution in [0, 0.1) is 6.92 Å². The summed E-state index contributed by atoms with van der Waals surface area (Å²) in [6.45, 7) is 7.44. The Morgan fingerprint density at radius 1 is 1.23 bits per heavy atom. The van der Waals surface area contributed by atoms with E-state index in [2.05, 4.69) is 41.6 Å². The first kappa shape index (κ1) is 19.8. The summed E-state index contributed by atoms with van der Waals surface area (Å²) in [7, 11) is 1.69. The molecular formula is C20H29N3O3. The summed E-state index contributed by atoms with van der Waals surface area (Å²) in [6, 6.07) is 9.94. The van der Waals surface area contributed by atoms with Gasteiger partial charge in [-0.15, -0.1) is 0 Å². The van der Waals surface area contributed by atoms with Crippen LogP contribution in [-0.4, -0.2) is 32.8 Å². The summed E-state index contributed by atoms with van der Waals surface area (Å²) in [5.41, 5.74) is 2.24. The smallest absolute Gasteiger partial charge is 0.191 e. The number of aryl methyl sites for hydroxylation is 1.